The van der Waals surface area contributed by atoms with E-state index in [0.29, 0.717) is 36.3 Å². The Hall–Kier alpha value is -2.36. The predicted octanol–water partition coefficient (Wildman–Crippen LogP) is 3.79. The Bertz CT molecular complexity index is 798. The minimum Gasteiger partial charge on any atom is -0.463 e. The predicted molar refractivity (Wildman–Crippen MR) is 89.4 cm³/mol. The summed E-state index contributed by atoms with van der Waals surface area (Å²) in [6.07, 6.45) is 3.15. The van der Waals surface area contributed by atoms with Crippen LogP contribution < -0.4 is 0 Å². The molecule has 1 aromatic carbocycles. The topological polar surface area (TPSA) is 48.3 Å². The van der Waals surface area contributed by atoms with E-state index in [0.717, 1.165) is 23.7 Å². The fourth-order valence-corrected chi connectivity index (χ4v) is 3.26. The molecule has 0 saturated carbocycles. The number of para-hydroxylation sites is 1. The largest absolute Gasteiger partial charge is 0.463 e. The zero-order valence-electron chi connectivity index (χ0n) is 13.6. The number of hydrogen-bond acceptors (Lipinski definition) is 3. The molecule has 1 heterocycles. The van der Waals surface area contributed by atoms with Gasteiger partial charge in [-0.2, -0.15) is 0 Å². The number of fused-ring (bicyclic) bond motifs is 1. The van der Waals surface area contributed by atoms with E-state index in [-0.39, 0.29) is 11.8 Å². The first-order valence-corrected chi connectivity index (χ1v) is 8.11. The average Bonchev–Trinajstić information content (AvgIpc) is 2.92. The SMILES string of the molecule is CCOC(=O)C1=C(C(=O)c2cc3ccccc3n2C)CCCC1. The third-order valence-corrected chi connectivity index (χ3v) is 4.45. The van der Waals surface area contributed by atoms with Gasteiger partial charge in [0.05, 0.1) is 12.3 Å². The Balaban J connectivity index is 2.05. The lowest BCUT2D eigenvalue weighted by atomic mass is 9.88. The monoisotopic (exact) mass is 311 g/mol. The van der Waals surface area contributed by atoms with Gasteiger partial charge in [0.2, 0.25) is 5.78 Å². The summed E-state index contributed by atoms with van der Waals surface area (Å²) in [5.41, 5.74) is 2.84. The molecule has 0 amide bonds. The number of hydrogen-bond donors (Lipinski definition) is 0. The smallest absolute Gasteiger partial charge is 0.334 e. The number of allylic oxidation sites excluding steroid dienone is 1. The number of Topliss-reactive ketones (excluding diaryl/α,β-unsaturated/α-hetero) is 1. The highest BCUT2D eigenvalue weighted by Crippen LogP contribution is 2.30. The molecule has 0 atom stereocenters. The zero-order valence-corrected chi connectivity index (χ0v) is 13.6. The van der Waals surface area contributed by atoms with Crippen molar-refractivity contribution >= 4 is 22.7 Å². The van der Waals surface area contributed by atoms with Crippen LogP contribution in [0.15, 0.2) is 41.5 Å². The highest BCUT2D eigenvalue weighted by atomic mass is 16.5. The second-order valence-corrected chi connectivity index (χ2v) is 5.86. The molecule has 4 heteroatoms. The van der Waals surface area contributed by atoms with E-state index in [2.05, 4.69) is 0 Å². The maximum absolute atomic E-state index is 13.0. The van der Waals surface area contributed by atoms with Crippen molar-refractivity contribution in [3.8, 4) is 0 Å². The van der Waals surface area contributed by atoms with E-state index in [1.54, 1.807) is 6.92 Å². The molecule has 1 aliphatic carbocycles. The Morgan fingerprint density at radius 1 is 1.13 bits per heavy atom. The minimum atomic E-state index is -0.339. The summed E-state index contributed by atoms with van der Waals surface area (Å²) in [5, 5.41) is 1.03. The highest BCUT2D eigenvalue weighted by molar-refractivity contribution is 6.14. The van der Waals surface area contributed by atoms with Crippen molar-refractivity contribution in [1.82, 2.24) is 4.57 Å². The fourth-order valence-electron chi connectivity index (χ4n) is 3.26. The molecule has 0 unspecified atom stereocenters. The lowest BCUT2D eigenvalue weighted by Crippen LogP contribution is -2.19. The first-order chi connectivity index (χ1) is 11.1. The average molecular weight is 311 g/mol. The Labute approximate surface area is 135 Å². The number of aromatic nitrogens is 1. The standard InChI is InChI=1S/C19H21NO3/c1-3-23-19(22)15-10-6-5-9-14(15)18(21)17-12-13-8-4-7-11-16(13)20(17)2/h4,7-8,11-12H,3,5-6,9-10H2,1-2H3. The number of aryl methyl sites for hydroxylation is 1. The summed E-state index contributed by atoms with van der Waals surface area (Å²) in [7, 11) is 1.89. The van der Waals surface area contributed by atoms with Crippen molar-refractivity contribution in [1.29, 1.82) is 0 Å². The van der Waals surface area contributed by atoms with Gasteiger partial charge in [-0.25, -0.2) is 4.79 Å². The molecule has 23 heavy (non-hydrogen) atoms. The Morgan fingerprint density at radius 3 is 2.52 bits per heavy atom. The van der Waals surface area contributed by atoms with E-state index in [9.17, 15) is 9.59 Å². The van der Waals surface area contributed by atoms with Crippen LogP contribution in [0.1, 0.15) is 43.1 Å². The van der Waals surface area contributed by atoms with Crippen LogP contribution in [0.2, 0.25) is 0 Å². The number of ether oxygens (including phenoxy) is 1. The lowest BCUT2D eigenvalue weighted by Gasteiger charge is -2.18. The van der Waals surface area contributed by atoms with Crippen molar-refractivity contribution in [2.24, 2.45) is 7.05 Å². The number of nitrogens with zero attached hydrogens (tertiary/aromatic N) is 1. The van der Waals surface area contributed by atoms with Gasteiger partial charge in [-0.15, -0.1) is 0 Å². The van der Waals surface area contributed by atoms with Gasteiger partial charge < -0.3 is 9.30 Å². The van der Waals surface area contributed by atoms with Crippen LogP contribution in [0.3, 0.4) is 0 Å². The van der Waals surface area contributed by atoms with E-state index in [1.165, 1.54) is 0 Å². The van der Waals surface area contributed by atoms with Crippen molar-refractivity contribution in [3.05, 3.63) is 47.2 Å². The first kappa shape index (κ1) is 15.5. The second kappa shape index (κ2) is 6.41. The molecule has 120 valence electrons. The number of rotatable bonds is 4. The maximum atomic E-state index is 13.0. The van der Waals surface area contributed by atoms with E-state index in [1.807, 2.05) is 41.9 Å². The molecule has 0 fully saturated rings. The van der Waals surface area contributed by atoms with Crippen LogP contribution in [0.25, 0.3) is 10.9 Å². The molecular formula is C19H21NO3. The molecule has 0 spiro atoms. The molecule has 4 nitrogen and oxygen atoms in total. The summed E-state index contributed by atoms with van der Waals surface area (Å²) in [6.45, 7) is 2.12. The summed E-state index contributed by atoms with van der Waals surface area (Å²) in [4.78, 5) is 25.2. The number of carbonyl (C=O) groups is 2. The Morgan fingerprint density at radius 2 is 1.83 bits per heavy atom. The summed E-state index contributed by atoms with van der Waals surface area (Å²) < 4.78 is 7.04. The molecule has 3 rings (SSSR count). The third-order valence-electron chi connectivity index (χ3n) is 4.45. The maximum Gasteiger partial charge on any atom is 0.334 e. The zero-order chi connectivity index (χ0) is 16.4. The fraction of sp³-hybridized carbons (Fsp3) is 0.368. The van der Waals surface area contributed by atoms with Crippen LogP contribution in [-0.2, 0) is 16.6 Å². The van der Waals surface area contributed by atoms with Crippen LogP contribution in [0.4, 0.5) is 0 Å². The summed E-state index contributed by atoms with van der Waals surface area (Å²) in [5.74, 6) is -0.388. The van der Waals surface area contributed by atoms with Gasteiger partial charge in [0.15, 0.2) is 0 Å². The summed E-state index contributed by atoms with van der Waals surface area (Å²) >= 11 is 0. The van der Waals surface area contributed by atoms with E-state index >= 15 is 0 Å². The lowest BCUT2D eigenvalue weighted by molar-refractivity contribution is -0.138. The van der Waals surface area contributed by atoms with Crippen LogP contribution >= 0.6 is 0 Å². The number of carbonyl (C=O) groups excluding carboxylic acids is 2. The highest BCUT2D eigenvalue weighted by Gasteiger charge is 2.27. The van der Waals surface area contributed by atoms with Crippen LogP contribution in [-0.4, -0.2) is 22.9 Å². The number of esters is 1. The molecule has 1 aromatic heterocycles. The number of benzene rings is 1. The van der Waals surface area contributed by atoms with Gasteiger partial charge in [0.1, 0.15) is 0 Å². The minimum absolute atomic E-state index is 0.0496. The Kier molecular flexibility index (Phi) is 4.33. The van der Waals surface area contributed by atoms with Gasteiger partial charge in [-0.1, -0.05) is 18.2 Å². The molecule has 0 saturated heterocycles. The molecule has 0 radical (unpaired) electrons. The van der Waals surface area contributed by atoms with Crippen LogP contribution in [0.5, 0.6) is 0 Å². The molecule has 2 aromatic rings. The van der Waals surface area contributed by atoms with E-state index < -0.39 is 0 Å². The third kappa shape index (κ3) is 2.81. The first-order valence-electron chi connectivity index (χ1n) is 8.11. The van der Waals surface area contributed by atoms with Crippen molar-refractivity contribution in [2.75, 3.05) is 6.61 Å². The van der Waals surface area contributed by atoms with Gasteiger partial charge in [-0.3, -0.25) is 4.79 Å². The van der Waals surface area contributed by atoms with Gasteiger partial charge in [-0.05, 0) is 44.7 Å². The van der Waals surface area contributed by atoms with Crippen molar-refractivity contribution in [2.45, 2.75) is 32.6 Å². The second-order valence-electron chi connectivity index (χ2n) is 5.86. The molecule has 1 aliphatic rings. The molecule has 0 bridgehead atoms. The van der Waals surface area contributed by atoms with Gasteiger partial charge in [0.25, 0.3) is 0 Å². The number of ketones is 1. The van der Waals surface area contributed by atoms with Crippen molar-refractivity contribution < 1.29 is 14.3 Å². The molecule has 0 N–H and O–H groups in total. The normalized spacial score (nSPS) is 15.0. The molecule has 0 aliphatic heterocycles. The van der Waals surface area contributed by atoms with Gasteiger partial charge >= 0.3 is 5.97 Å². The van der Waals surface area contributed by atoms with Crippen LogP contribution in [0, 0.1) is 0 Å². The van der Waals surface area contributed by atoms with Crippen molar-refractivity contribution in [3.63, 3.8) is 0 Å². The summed E-state index contributed by atoms with van der Waals surface area (Å²) in [6, 6.07) is 9.81. The van der Waals surface area contributed by atoms with Gasteiger partial charge in [0, 0.05) is 29.1 Å². The molecular weight excluding hydrogens is 290 g/mol. The quantitative estimate of drug-likeness (QED) is 0.637. The van der Waals surface area contributed by atoms with E-state index in [4.69, 9.17) is 4.74 Å².